The van der Waals surface area contributed by atoms with Crippen LogP contribution in [-0.2, 0) is 24.6 Å². The number of para-hydroxylation sites is 1. The largest absolute Gasteiger partial charge is 0.504 e. The third kappa shape index (κ3) is 5.28. The number of halogens is 1. The summed E-state index contributed by atoms with van der Waals surface area (Å²) in [4.78, 5) is 61.8. The van der Waals surface area contributed by atoms with Gasteiger partial charge in [0.1, 0.15) is 0 Å². The summed E-state index contributed by atoms with van der Waals surface area (Å²) in [5, 5.41) is 14.9. The Morgan fingerprint density at radius 1 is 0.727 bits per heavy atom. The molecule has 2 heterocycles. The second-order valence-corrected chi connectivity index (χ2v) is 15.0. The van der Waals surface area contributed by atoms with Crippen LogP contribution in [0.15, 0.2) is 139 Å². The maximum atomic E-state index is 15.4. The Morgan fingerprint density at radius 3 is 2.13 bits per heavy atom. The van der Waals surface area contributed by atoms with E-state index in [0.717, 1.165) is 16.9 Å². The molecular weight excluding hydrogens is 714 g/mol. The van der Waals surface area contributed by atoms with Crippen LogP contribution in [0.2, 0.25) is 5.02 Å². The van der Waals surface area contributed by atoms with Crippen molar-refractivity contribution >= 4 is 58.0 Å². The van der Waals surface area contributed by atoms with Gasteiger partial charge in [-0.25, -0.2) is 4.90 Å². The molecule has 2 aliphatic carbocycles. The summed E-state index contributed by atoms with van der Waals surface area (Å²) in [5.41, 5.74) is 3.10. The number of anilines is 4. The first-order valence-electron chi connectivity index (χ1n) is 18.3. The van der Waals surface area contributed by atoms with E-state index in [-0.39, 0.29) is 36.2 Å². The summed E-state index contributed by atoms with van der Waals surface area (Å²) in [5.74, 6) is -4.97. The van der Waals surface area contributed by atoms with Gasteiger partial charge in [-0.3, -0.25) is 24.1 Å². The van der Waals surface area contributed by atoms with Gasteiger partial charge in [-0.2, -0.15) is 0 Å². The van der Waals surface area contributed by atoms with Gasteiger partial charge < -0.3 is 15.2 Å². The van der Waals surface area contributed by atoms with Crippen LogP contribution in [0.5, 0.6) is 11.5 Å². The average Bonchev–Trinajstić information content (AvgIpc) is 3.59. The molecule has 9 nitrogen and oxygen atoms in total. The van der Waals surface area contributed by atoms with Crippen LogP contribution in [0.4, 0.5) is 22.7 Å². The van der Waals surface area contributed by atoms with E-state index in [9.17, 15) is 19.5 Å². The minimum Gasteiger partial charge on any atom is -0.504 e. The van der Waals surface area contributed by atoms with Gasteiger partial charge >= 0.3 is 0 Å². The molecule has 4 amide bonds. The zero-order valence-electron chi connectivity index (χ0n) is 29.8. The highest BCUT2D eigenvalue weighted by molar-refractivity contribution is 6.32. The molecule has 9 rings (SSSR count). The van der Waals surface area contributed by atoms with Crippen molar-refractivity contribution in [3.05, 3.63) is 155 Å². The maximum Gasteiger partial charge on any atom is 0.246 e. The molecule has 5 aromatic rings. The lowest BCUT2D eigenvalue weighted by atomic mass is 9.49. The quantitative estimate of drug-likeness (QED) is 0.127. The summed E-state index contributed by atoms with van der Waals surface area (Å²) in [6.07, 6.45) is 2.44. The first kappa shape index (κ1) is 34.6. The number of carbonyl (C=O) groups is 4. The third-order valence-corrected chi connectivity index (χ3v) is 12.1. The van der Waals surface area contributed by atoms with Crippen LogP contribution in [0, 0.1) is 23.7 Å². The number of nitrogens with zero attached hydrogens (tertiary/aromatic N) is 2. The molecule has 2 aliphatic heterocycles. The van der Waals surface area contributed by atoms with Gasteiger partial charge in [0.25, 0.3) is 0 Å². The smallest absolute Gasteiger partial charge is 0.246 e. The number of hydrogen-bond donors (Lipinski definition) is 2. The predicted octanol–water partition coefficient (Wildman–Crippen LogP) is 8.16. The van der Waals surface area contributed by atoms with E-state index in [0.29, 0.717) is 27.5 Å². The standard InChI is InChI=1S/C45H36ClN3O6/c1-55-38-22-15-26(23-37(38)50)40-33-20-21-34-39(43(53)48(41(34)51)31-18-16-30(17-19-31)47-29-12-6-3-7-13-29)35(33)25-36-42(52)49(32-14-8-11-28(46)24-32)44(54)45(36,40)27-9-4-2-5-10-27/h2-20,22-24,34-36,39-40,47,50H,21,25H2,1H3. The second-order valence-electron chi connectivity index (χ2n) is 14.6. The summed E-state index contributed by atoms with van der Waals surface area (Å²) in [7, 11) is 1.46. The van der Waals surface area contributed by atoms with Crippen LogP contribution in [0.1, 0.15) is 29.9 Å². The number of benzene rings is 5. The van der Waals surface area contributed by atoms with Gasteiger partial charge in [-0.15, -0.1) is 0 Å². The number of fused-ring (bicyclic) bond motifs is 4. The van der Waals surface area contributed by atoms with Gasteiger partial charge in [0.05, 0.1) is 41.7 Å². The van der Waals surface area contributed by atoms with Gasteiger partial charge in [0.2, 0.25) is 23.6 Å². The summed E-state index contributed by atoms with van der Waals surface area (Å²) in [6, 6.07) is 37.9. The Hall–Kier alpha value is -6.19. The first-order chi connectivity index (χ1) is 26.7. The molecule has 55 heavy (non-hydrogen) atoms. The molecule has 10 heteroatoms. The second kappa shape index (κ2) is 13.3. The van der Waals surface area contributed by atoms with Gasteiger partial charge in [-0.05, 0) is 96.6 Å². The van der Waals surface area contributed by atoms with Crippen LogP contribution in [0.3, 0.4) is 0 Å². The lowest BCUT2D eigenvalue weighted by Crippen LogP contribution is -2.53. The number of ether oxygens (including phenoxy) is 1. The Labute approximate surface area is 322 Å². The van der Waals surface area contributed by atoms with Crippen molar-refractivity contribution in [2.75, 3.05) is 22.2 Å². The van der Waals surface area contributed by atoms with E-state index in [1.807, 2.05) is 78.9 Å². The van der Waals surface area contributed by atoms with Gasteiger partial charge in [-0.1, -0.05) is 83.9 Å². The highest BCUT2D eigenvalue weighted by atomic mass is 35.5. The number of nitrogens with one attached hydrogen (secondary N) is 1. The number of methoxy groups -OCH3 is 1. The zero-order valence-corrected chi connectivity index (χ0v) is 30.5. The number of amides is 4. The van der Waals surface area contributed by atoms with Crippen LogP contribution in [0.25, 0.3) is 0 Å². The molecule has 5 aromatic carbocycles. The Morgan fingerprint density at radius 2 is 1.44 bits per heavy atom. The number of aromatic hydroxyl groups is 1. The summed E-state index contributed by atoms with van der Waals surface area (Å²) >= 11 is 6.42. The van der Waals surface area contributed by atoms with Gasteiger partial charge in [0.15, 0.2) is 11.5 Å². The maximum absolute atomic E-state index is 15.4. The molecule has 1 saturated carbocycles. The van der Waals surface area contributed by atoms with E-state index in [4.69, 9.17) is 16.3 Å². The normalized spacial score (nSPS) is 25.6. The van der Waals surface area contributed by atoms with E-state index in [1.54, 1.807) is 54.6 Å². The van der Waals surface area contributed by atoms with E-state index < -0.39 is 46.8 Å². The van der Waals surface area contributed by atoms with E-state index in [1.165, 1.54) is 16.9 Å². The van der Waals surface area contributed by atoms with E-state index >= 15 is 4.79 Å². The van der Waals surface area contributed by atoms with Crippen molar-refractivity contribution in [2.24, 2.45) is 23.7 Å². The number of allylic oxidation sites excluding steroid dienone is 2. The lowest BCUT2D eigenvalue weighted by molar-refractivity contribution is -0.127. The molecule has 0 spiro atoms. The van der Waals surface area contributed by atoms with Crippen molar-refractivity contribution in [2.45, 2.75) is 24.2 Å². The molecule has 0 radical (unpaired) electrons. The van der Waals surface area contributed by atoms with Gasteiger partial charge in [0, 0.05) is 22.3 Å². The first-order valence-corrected chi connectivity index (χ1v) is 18.7. The van der Waals surface area contributed by atoms with Crippen molar-refractivity contribution < 1.29 is 29.0 Å². The molecule has 4 aliphatic rings. The third-order valence-electron chi connectivity index (χ3n) is 11.9. The highest BCUT2D eigenvalue weighted by Gasteiger charge is 2.70. The summed E-state index contributed by atoms with van der Waals surface area (Å²) < 4.78 is 5.39. The van der Waals surface area contributed by atoms with Crippen molar-refractivity contribution in [3.8, 4) is 11.5 Å². The number of carbonyl (C=O) groups excluding carboxylic acids is 4. The Bertz CT molecular complexity index is 2400. The van der Waals surface area contributed by atoms with Crippen molar-refractivity contribution in [3.63, 3.8) is 0 Å². The van der Waals surface area contributed by atoms with E-state index in [2.05, 4.69) is 5.32 Å². The number of imide groups is 2. The molecular formula is C45H36ClN3O6. The molecule has 6 atom stereocenters. The Kier molecular flexibility index (Phi) is 8.35. The number of phenols is 1. The minimum absolute atomic E-state index is 0.122. The molecule has 0 bridgehead atoms. The molecule has 3 fully saturated rings. The monoisotopic (exact) mass is 749 g/mol. The number of rotatable bonds is 7. The predicted molar refractivity (Wildman–Crippen MR) is 209 cm³/mol. The molecule has 2 saturated heterocycles. The fraction of sp³-hybridized carbons (Fsp3) is 0.200. The van der Waals surface area contributed by atoms with Crippen LogP contribution in [-0.4, -0.2) is 35.8 Å². The number of phenolic OH excluding ortho intramolecular Hbond substituents is 1. The fourth-order valence-corrected chi connectivity index (χ4v) is 9.83. The van der Waals surface area contributed by atoms with Crippen LogP contribution >= 0.6 is 11.6 Å². The fourth-order valence-electron chi connectivity index (χ4n) is 9.64. The van der Waals surface area contributed by atoms with Crippen LogP contribution < -0.4 is 19.9 Å². The Balaban J connectivity index is 1.17. The topological polar surface area (TPSA) is 116 Å². The molecule has 274 valence electrons. The molecule has 2 N–H and O–H groups in total. The highest BCUT2D eigenvalue weighted by Crippen LogP contribution is 2.65. The van der Waals surface area contributed by atoms with Crippen molar-refractivity contribution in [1.82, 2.24) is 0 Å². The SMILES string of the molecule is COc1ccc(C2C3=CCC4C(=O)N(c5ccc(Nc6ccccc6)cc5)C(=O)C4C3CC3C(=O)N(c4cccc(Cl)c4)C(=O)C32c2ccccc2)cc1O. The summed E-state index contributed by atoms with van der Waals surface area (Å²) in [6.45, 7) is 0. The van der Waals surface area contributed by atoms with Crippen molar-refractivity contribution in [1.29, 1.82) is 0 Å². The lowest BCUT2D eigenvalue weighted by Gasteiger charge is -2.50. The molecule has 0 aromatic heterocycles. The minimum atomic E-state index is -1.45. The molecule has 6 unspecified atom stereocenters. The average molecular weight is 750 g/mol. The number of hydrogen-bond acceptors (Lipinski definition) is 7. The zero-order chi connectivity index (χ0) is 38.0.